The third-order valence-corrected chi connectivity index (χ3v) is 12.5. The molecule has 327 valence electrons. The van der Waals surface area contributed by atoms with Gasteiger partial charge in [-0.15, -0.1) is 0 Å². The number of hydrogen-bond acceptors (Lipinski definition) is 10. The molecule has 10 heteroatoms. The van der Waals surface area contributed by atoms with Crippen LogP contribution in [0.15, 0.2) is 73.6 Å². The van der Waals surface area contributed by atoms with E-state index in [1.165, 1.54) is 57.1 Å². The van der Waals surface area contributed by atoms with Crippen molar-refractivity contribution in [2.24, 2.45) is 29.6 Å². The molecule has 1 aliphatic heterocycles. The lowest BCUT2D eigenvalue weighted by Gasteiger charge is -2.48. The minimum absolute atomic E-state index is 0.151. The van der Waals surface area contributed by atoms with Crippen LogP contribution in [0, 0.1) is 56.4 Å². The Hall–Kier alpha value is -5.12. The molecule has 0 amide bonds. The Morgan fingerprint density at radius 2 is 1.23 bits per heavy atom. The molecule has 4 aromatic rings. The van der Waals surface area contributed by atoms with E-state index in [0.717, 1.165) is 52.7 Å². The molecule has 10 nitrogen and oxygen atoms in total. The number of carbonyl (C=O) groups is 3. The van der Waals surface area contributed by atoms with Crippen molar-refractivity contribution >= 4 is 17.9 Å². The minimum atomic E-state index is -1.05. The minimum Gasteiger partial charge on any atom is -0.487 e. The van der Waals surface area contributed by atoms with E-state index in [1.807, 2.05) is 13.8 Å². The van der Waals surface area contributed by atoms with Crippen LogP contribution in [0.2, 0.25) is 0 Å². The van der Waals surface area contributed by atoms with Crippen LogP contribution in [-0.2, 0) is 20.6 Å². The quantitative estimate of drug-likeness (QED) is 0.0558. The molecule has 0 saturated carbocycles. The molecule has 6 unspecified atom stereocenters. The van der Waals surface area contributed by atoms with E-state index < -0.39 is 35.5 Å². The Labute approximate surface area is 363 Å². The highest BCUT2D eigenvalue weighted by Crippen LogP contribution is 2.48. The van der Waals surface area contributed by atoms with E-state index >= 15 is 0 Å². The number of fused-ring (bicyclic) bond motifs is 1. The molecule has 0 bridgehead atoms. The third kappa shape index (κ3) is 13.4. The fourth-order valence-electron chi connectivity index (χ4n) is 8.65. The van der Waals surface area contributed by atoms with Gasteiger partial charge < -0.3 is 18.9 Å². The van der Waals surface area contributed by atoms with Gasteiger partial charge in [-0.1, -0.05) is 72.6 Å². The monoisotopic (exact) mass is 832 g/mol. The lowest BCUT2D eigenvalue weighted by atomic mass is 9.68. The zero-order chi connectivity index (χ0) is 43.9. The Bertz CT molecular complexity index is 2010. The largest absolute Gasteiger partial charge is 0.487 e. The first-order valence-corrected chi connectivity index (χ1v) is 22.2. The van der Waals surface area contributed by atoms with Gasteiger partial charge >= 0.3 is 17.9 Å². The smallest absolute Gasteiger partial charge is 0.340 e. The predicted molar refractivity (Wildman–Crippen MR) is 236 cm³/mol. The Morgan fingerprint density at radius 1 is 0.721 bits per heavy atom. The molecule has 3 aromatic heterocycles. The summed E-state index contributed by atoms with van der Waals surface area (Å²) < 4.78 is 25.6. The lowest BCUT2D eigenvalue weighted by Crippen LogP contribution is -2.54. The highest BCUT2D eigenvalue weighted by atomic mass is 16.6. The highest BCUT2D eigenvalue weighted by Gasteiger charge is 2.49. The maximum absolute atomic E-state index is 13.9. The molecule has 6 atom stereocenters. The van der Waals surface area contributed by atoms with E-state index in [9.17, 15) is 14.4 Å². The summed E-state index contributed by atoms with van der Waals surface area (Å²) in [7, 11) is 0. The van der Waals surface area contributed by atoms with E-state index in [-0.39, 0.29) is 35.8 Å². The van der Waals surface area contributed by atoms with Gasteiger partial charge in [0.15, 0.2) is 0 Å². The molecule has 0 N–H and O–H groups in total. The number of hydrogen-bond donors (Lipinski definition) is 0. The lowest BCUT2D eigenvalue weighted by molar-refractivity contribution is -0.0941. The van der Waals surface area contributed by atoms with Gasteiger partial charge in [0.05, 0.1) is 23.3 Å². The summed E-state index contributed by atoms with van der Waals surface area (Å²) in [5.74, 6) is 0.0104. The summed E-state index contributed by atoms with van der Waals surface area (Å²) in [5.41, 5.74) is 4.02. The number of benzene rings is 1. The molecule has 0 aliphatic carbocycles. The summed E-state index contributed by atoms with van der Waals surface area (Å²) >= 11 is 0. The summed E-state index contributed by atoms with van der Waals surface area (Å²) in [6.45, 7) is 17.2. The van der Waals surface area contributed by atoms with Gasteiger partial charge in [-0.05, 0) is 129 Å². The number of ether oxygens (including phenoxy) is 4. The van der Waals surface area contributed by atoms with Crippen molar-refractivity contribution in [2.45, 2.75) is 131 Å². The van der Waals surface area contributed by atoms with Crippen LogP contribution < -0.4 is 4.74 Å². The van der Waals surface area contributed by atoms with Crippen LogP contribution in [0.5, 0.6) is 5.75 Å². The third-order valence-electron chi connectivity index (χ3n) is 12.5. The average Bonchev–Trinajstić information content (AvgIpc) is 3.25. The molecular weight excluding hydrogens is 767 g/mol. The summed E-state index contributed by atoms with van der Waals surface area (Å²) in [6.07, 6.45) is 18.7. The second-order valence-corrected chi connectivity index (χ2v) is 17.9. The van der Waals surface area contributed by atoms with Gasteiger partial charge in [0, 0.05) is 49.0 Å². The standard InChI is InChI=1S/C51H66N3O7/c1-34(2)15-9-16-35(3)17-10-18-36(4)19-11-23-51(8)45(28-43-38(6)27-37(5)39(7)47(43)61-51)44(32-58-48(55)40-20-12-24-52-29-40)46(60-50(57)42-22-14-26-54-31-42)33-59-49(56)41-21-13-25-53-30-41/h12-14,20-22,24-26,29-31,34-36,44-46H,9-11,15-19,23,28,32-33H2,1-8H3. The van der Waals surface area contributed by atoms with Crippen LogP contribution in [0.4, 0.5) is 0 Å². The predicted octanol–water partition coefficient (Wildman–Crippen LogP) is 10.9. The van der Waals surface area contributed by atoms with E-state index in [1.54, 1.807) is 55.0 Å². The topological polar surface area (TPSA) is 127 Å². The first-order valence-electron chi connectivity index (χ1n) is 22.2. The Balaban J connectivity index is 1.47. The first kappa shape index (κ1) is 46.9. The van der Waals surface area contributed by atoms with Crippen LogP contribution in [0.3, 0.4) is 0 Å². The maximum Gasteiger partial charge on any atom is 0.340 e. The van der Waals surface area contributed by atoms with E-state index in [2.05, 4.69) is 62.6 Å². The summed E-state index contributed by atoms with van der Waals surface area (Å²) in [4.78, 5) is 53.2. The fraction of sp³-hybridized carbons (Fsp3) is 0.529. The van der Waals surface area contributed by atoms with E-state index in [4.69, 9.17) is 18.9 Å². The van der Waals surface area contributed by atoms with Crippen molar-refractivity contribution in [1.29, 1.82) is 0 Å². The number of nitrogens with zero attached hydrogens (tertiary/aromatic N) is 3. The van der Waals surface area contributed by atoms with E-state index in [0.29, 0.717) is 18.8 Å². The van der Waals surface area contributed by atoms with Crippen LogP contribution in [-0.4, -0.2) is 57.8 Å². The van der Waals surface area contributed by atoms with Crippen molar-refractivity contribution in [3.8, 4) is 5.75 Å². The van der Waals surface area contributed by atoms with Gasteiger partial charge in [0.1, 0.15) is 24.1 Å². The second-order valence-electron chi connectivity index (χ2n) is 17.9. The molecule has 4 heterocycles. The number of aryl methyl sites for hydroxylation is 2. The van der Waals surface area contributed by atoms with Crippen molar-refractivity contribution in [3.05, 3.63) is 119 Å². The first-order chi connectivity index (χ1) is 29.3. The highest BCUT2D eigenvalue weighted by molar-refractivity contribution is 5.90. The van der Waals surface area contributed by atoms with Crippen molar-refractivity contribution < 1.29 is 33.3 Å². The number of aromatic nitrogens is 3. The van der Waals surface area contributed by atoms with Gasteiger partial charge in [-0.25, -0.2) is 14.4 Å². The molecule has 1 radical (unpaired) electrons. The maximum atomic E-state index is 13.9. The Kier molecular flexibility index (Phi) is 17.4. The van der Waals surface area contributed by atoms with Gasteiger partial charge in [0.25, 0.3) is 0 Å². The molecule has 1 aliphatic rings. The second kappa shape index (κ2) is 22.6. The van der Waals surface area contributed by atoms with Crippen molar-refractivity contribution in [3.63, 3.8) is 0 Å². The molecule has 5 rings (SSSR count). The van der Waals surface area contributed by atoms with Crippen LogP contribution in [0.25, 0.3) is 0 Å². The summed E-state index contributed by atoms with van der Waals surface area (Å²) in [5, 5.41) is 0. The fourth-order valence-corrected chi connectivity index (χ4v) is 8.65. The molecule has 61 heavy (non-hydrogen) atoms. The molecule has 0 fully saturated rings. The Morgan fingerprint density at radius 3 is 1.75 bits per heavy atom. The van der Waals surface area contributed by atoms with Gasteiger partial charge in [-0.2, -0.15) is 0 Å². The zero-order valence-electron chi connectivity index (χ0n) is 37.6. The summed E-state index contributed by atoms with van der Waals surface area (Å²) in [6, 6.07) is 13.4. The number of pyridine rings is 3. The van der Waals surface area contributed by atoms with Crippen molar-refractivity contribution in [2.75, 3.05) is 13.2 Å². The molecule has 0 spiro atoms. The van der Waals surface area contributed by atoms with Gasteiger partial charge in [0.2, 0.25) is 0 Å². The van der Waals surface area contributed by atoms with Crippen molar-refractivity contribution in [1.82, 2.24) is 15.0 Å². The number of esters is 3. The number of rotatable bonds is 22. The number of carbonyl (C=O) groups excluding carboxylic acids is 3. The SMILES string of the molecule is Cc1[c]c(C)c2c(c1C)OC(C)(CCCC(C)CCCC(C)CCCC(C)C)C(C(COC(=O)c1cccnc1)C(COC(=O)c1cccnc1)OC(=O)c1cccnc1)C2. The van der Waals surface area contributed by atoms with Gasteiger partial charge in [-0.3, -0.25) is 15.0 Å². The molecule has 0 saturated heterocycles. The molecular formula is C51H66N3O7. The zero-order valence-corrected chi connectivity index (χ0v) is 37.6. The average molecular weight is 833 g/mol. The van der Waals surface area contributed by atoms with Crippen LogP contribution in [0.1, 0.15) is 146 Å². The normalized spacial score (nSPS) is 18.0. The molecule has 1 aromatic carbocycles. The van der Waals surface area contributed by atoms with Crippen LogP contribution >= 0.6 is 0 Å².